The lowest BCUT2D eigenvalue weighted by Crippen LogP contribution is -2.38. The van der Waals surface area contributed by atoms with Crippen LogP contribution < -0.4 is 0 Å². The largest absolute Gasteiger partial charge is 0.465 e. The number of ether oxygens (including phenoxy) is 1. The number of methoxy groups -OCH3 is 1. The van der Waals surface area contributed by atoms with Crippen LogP contribution in [0.3, 0.4) is 0 Å². The molecule has 2 aliphatic rings. The van der Waals surface area contributed by atoms with E-state index in [4.69, 9.17) is 4.74 Å². The van der Waals surface area contributed by atoms with E-state index in [2.05, 4.69) is 59.5 Å². The van der Waals surface area contributed by atoms with E-state index in [0.29, 0.717) is 35.4 Å². The fourth-order valence-electron chi connectivity index (χ4n) is 5.89. The molecule has 36 heavy (non-hydrogen) atoms. The monoisotopic (exact) mass is 482 g/mol. The van der Waals surface area contributed by atoms with Crippen LogP contribution in [-0.2, 0) is 4.74 Å². The fraction of sp³-hybridized carbons (Fsp3) is 0.355. The van der Waals surface area contributed by atoms with Gasteiger partial charge in [0.1, 0.15) is 0 Å². The van der Waals surface area contributed by atoms with E-state index in [1.807, 2.05) is 11.0 Å². The Morgan fingerprint density at radius 1 is 0.806 bits per heavy atom. The lowest BCUT2D eigenvalue weighted by Gasteiger charge is -2.34. The van der Waals surface area contributed by atoms with Crippen molar-refractivity contribution in [1.29, 1.82) is 0 Å². The van der Waals surface area contributed by atoms with Gasteiger partial charge in [0, 0.05) is 31.1 Å². The molecule has 5 nitrogen and oxygen atoms in total. The Bertz CT molecular complexity index is 1170. The van der Waals surface area contributed by atoms with Crippen LogP contribution in [0.4, 0.5) is 0 Å². The van der Waals surface area contributed by atoms with Crippen LogP contribution in [-0.4, -0.2) is 61.5 Å². The Balaban J connectivity index is 1.29. The normalized spacial score (nSPS) is 20.9. The smallest absolute Gasteiger partial charge is 0.337 e. The molecule has 2 fully saturated rings. The second-order valence-corrected chi connectivity index (χ2v) is 10.0. The number of hydrogen-bond acceptors (Lipinski definition) is 4. The molecule has 3 aromatic rings. The first kappa shape index (κ1) is 24.3. The second kappa shape index (κ2) is 11.1. The van der Waals surface area contributed by atoms with E-state index in [0.717, 1.165) is 26.2 Å². The minimum atomic E-state index is -0.426. The summed E-state index contributed by atoms with van der Waals surface area (Å²) in [4.78, 5) is 30.0. The number of carbonyl (C=O) groups excluding carboxylic acids is 2. The van der Waals surface area contributed by atoms with Gasteiger partial charge < -0.3 is 14.5 Å². The molecule has 2 aliphatic heterocycles. The van der Waals surface area contributed by atoms with Crippen molar-refractivity contribution in [2.24, 2.45) is 5.92 Å². The van der Waals surface area contributed by atoms with Crippen LogP contribution >= 0.6 is 0 Å². The highest BCUT2D eigenvalue weighted by molar-refractivity contribution is 5.98. The predicted molar refractivity (Wildman–Crippen MR) is 141 cm³/mol. The van der Waals surface area contributed by atoms with Crippen LogP contribution in [0.25, 0.3) is 0 Å². The first-order valence-electron chi connectivity index (χ1n) is 12.9. The molecule has 0 N–H and O–H groups in total. The van der Waals surface area contributed by atoms with Gasteiger partial charge in [-0.3, -0.25) is 4.79 Å². The molecule has 1 unspecified atom stereocenters. The summed E-state index contributed by atoms with van der Waals surface area (Å²) in [6, 6.07) is 28.3. The molecule has 5 rings (SSSR count). The van der Waals surface area contributed by atoms with Crippen molar-refractivity contribution in [3.63, 3.8) is 0 Å². The van der Waals surface area contributed by atoms with E-state index in [1.54, 1.807) is 24.3 Å². The van der Waals surface area contributed by atoms with E-state index < -0.39 is 5.97 Å². The van der Waals surface area contributed by atoms with Gasteiger partial charge in [-0.25, -0.2) is 4.79 Å². The molecule has 0 spiro atoms. The lowest BCUT2D eigenvalue weighted by molar-refractivity contribution is 0.0600. The second-order valence-electron chi connectivity index (χ2n) is 10.0. The van der Waals surface area contributed by atoms with Gasteiger partial charge in [-0.05, 0) is 67.1 Å². The van der Waals surface area contributed by atoms with E-state index >= 15 is 0 Å². The van der Waals surface area contributed by atoms with E-state index in [-0.39, 0.29) is 5.91 Å². The van der Waals surface area contributed by atoms with Gasteiger partial charge in [-0.2, -0.15) is 0 Å². The molecular formula is C31H34N2O3. The average Bonchev–Trinajstić information content (AvgIpc) is 3.37. The standard InChI is InChI=1S/C31H34N2O3/c1-36-31(35)27-14-8-13-26(19-27)30(34)33-21-28(29(22-33)25-11-6-3-7-12-25)20-32-17-15-24(16-18-32)23-9-4-2-5-10-23/h2-14,19,24,28-29H,15-18,20-22H2,1H3/t28?,29-/m1/s1. The fourth-order valence-corrected chi connectivity index (χ4v) is 5.89. The van der Waals surface area contributed by atoms with Gasteiger partial charge in [0.25, 0.3) is 5.91 Å². The van der Waals surface area contributed by atoms with Crippen LogP contribution in [0, 0.1) is 5.92 Å². The molecule has 0 aromatic heterocycles. The van der Waals surface area contributed by atoms with Gasteiger partial charge in [0.2, 0.25) is 0 Å². The molecule has 0 bridgehead atoms. The number of hydrogen-bond donors (Lipinski definition) is 0. The van der Waals surface area contributed by atoms with Gasteiger partial charge in [-0.1, -0.05) is 66.7 Å². The van der Waals surface area contributed by atoms with Crippen molar-refractivity contribution in [3.05, 3.63) is 107 Å². The lowest BCUT2D eigenvalue weighted by atomic mass is 9.86. The Morgan fingerprint density at radius 3 is 2.11 bits per heavy atom. The molecule has 2 heterocycles. The number of nitrogens with zero attached hydrogens (tertiary/aromatic N) is 2. The molecule has 0 aliphatic carbocycles. The first-order chi connectivity index (χ1) is 17.6. The molecule has 5 heteroatoms. The number of likely N-dealkylation sites (tertiary alicyclic amines) is 2. The Morgan fingerprint density at radius 2 is 1.44 bits per heavy atom. The number of carbonyl (C=O) groups is 2. The summed E-state index contributed by atoms with van der Waals surface area (Å²) in [5.41, 5.74) is 3.68. The number of amides is 1. The number of benzene rings is 3. The molecule has 1 amide bonds. The molecule has 2 atom stereocenters. The zero-order valence-electron chi connectivity index (χ0n) is 20.9. The highest BCUT2D eigenvalue weighted by Crippen LogP contribution is 2.36. The first-order valence-corrected chi connectivity index (χ1v) is 12.9. The van der Waals surface area contributed by atoms with Crippen LogP contribution in [0.2, 0.25) is 0 Å². The molecule has 186 valence electrons. The zero-order chi connectivity index (χ0) is 24.9. The molecule has 3 aromatic carbocycles. The van der Waals surface area contributed by atoms with Crippen LogP contribution in [0.5, 0.6) is 0 Å². The topological polar surface area (TPSA) is 49.9 Å². The summed E-state index contributed by atoms with van der Waals surface area (Å²) in [6.07, 6.45) is 2.35. The summed E-state index contributed by atoms with van der Waals surface area (Å²) < 4.78 is 4.84. The van der Waals surface area contributed by atoms with Gasteiger partial charge >= 0.3 is 5.97 Å². The number of rotatable bonds is 6. The maximum atomic E-state index is 13.5. The van der Waals surface area contributed by atoms with Crippen molar-refractivity contribution >= 4 is 11.9 Å². The summed E-state index contributed by atoms with van der Waals surface area (Å²) in [6.45, 7) is 4.59. The molecule has 0 saturated carbocycles. The zero-order valence-corrected chi connectivity index (χ0v) is 20.9. The van der Waals surface area contributed by atoms with Crippen molar-refractivity contribution in [2.75, 3.05) is 39.8 Å². The maximum absolute atomic E-state index is 13.5. The Labute approximate surface area is 213 Å². The van der Waals surface area contributed by atoms with E-state index in [9.17, 15) is 9.59 Å². The van der Waals surface area contributed by atoms with Crippen LogP contribution in [0.1, 0.15) is 56.5 Å². The summed E-state index contributed by atoms with van der Waals surface area (Å²) in [5.74, 6) is 0.854. The third-order valence-corrected chi connectivity index (χ3v) is 7.84. The third-order valence-electron chi connectivity index (χ3n) is 7.84. The SMILES string of the molecule is COC(=O)c1cccc(C(=O)N2CC(CN3CCC(c4ccccc4)CC3)[C@@H](c3ccccc3)C2)c1. The highest BCUT2D eigenvalue weighted by Gasteiger charge is 2.38. The summed E-state index contributed by atoms with van der Waals surface area (Å²) in [7, 11) is 1.36. The van der Waals surface area contributed by atoms with E-state index in [1.165, 1.54) is 31.1 Å². The molecular weight excluding hydrogens is 448 g/mol. The average molecular weight is 483 g/mol. The Kier molecular flexibility index (Phi) is 7.47. The van der Waals surface area contributed by atoms with Gasteiger partial charge in [0.05, 0.1) is 12.7 Å². The maximum Gasteiger partial charge on any atom is 0.337 e. The molecule has 2 saturated heterocycles. The van der Waals surface area contributed by atoms with Crippen molar-refractivity contribution in [1.82, 2.24) is 9.80 Å². The Hall–Kier alpha value is -3.44. The predicted octanol–water partition coefficient (Wildman–Crippen LogP) is 5.21. The highest BCUT2D eigenvalue weighted by atomic mass is 16.5. The number of piperidine rings is 1. The van der Waals surface area contributed by atoms with Crippen molar-refractivity contribution in [3.8, 4) is 0 Å². The quantitative estimate of drug-likeness (QED) is 0.453. The van der Waals surface area contributed by atoms with Crippen LogP contribution in [0.15, 0.2) is 84.9 Å². The van der Waals surface area contributed by atoms with Gasteiger partial charge in [0.15, 0.2) is 0 Å². The summed E-state index contributed by atoms with van der Waals surface area (Å²) >= 11 is 0. The van der Waals surface area contributed by atoms with Crippen molar-refractivity contribution < 1.29 is 14.3 Å². The summed E-state index contributed by atoms with van der Waals surface area (Å²) in [5, 5.41) is 0. The minimum Gasteiger partial charge on any atom is -0.465 e. The van der Waals surface area contributed by atoms with Crippen molar-refractivity contribution in [2.45, 2.75) is 24.7 Å². The molecule has 0 radical (unpaired) electrons. The third kappa shape index (κ3) is 5.36. The number of esters is 1. The minimum absolute atomic E-state index is 0.0213. The van der Waals surface area contributed by atoms with Gasteiger partial charge in [-0.15, -0.1) is 0 Å².